The first-order chi connectivity index (χ1) is 10.6. The SMILES string of the molecule is N#Cc1ccc(CN2C(=O)C(=O)c3ccccc3C2=O)cc1. The van der Waals surface area contributed by atoms with E-state index >= 15 is 0 Å². The second-order valence-electron chi connectivity index (χ2n) is 4.88. The molecule has 0 unspecified atom stereocenters. The fourth-order valence-corrected chi connectivity index (χ4v) is 2.35. The van der Waals surface area contributed by atoms with Crippen LogP contribution in [0.3, 0.4) is 0 Å². The van der Waals surface area contributed by atoms with Gasteiger partial charge in [-0.15, -0.1) is 0 Å². The minimum absolute atomic E-state index is 0.00342. The number of rotatable bonds is 2. The highest BCUT2D eigenvalue weighted by atomic mass is 16.2. The van der Waals surface area contributed by atoms with Gasteiger partial charge < -0.3 is 0 Å². The van der Waals surface area contributed by atoms with Crippen molar-refractivity contribution in [1.29, 1.82) is 5.26 Å². The molecule has 1 heterocycles. The van der Waals surface area contributed by atoms with Gasteiger partial charge in [0.15, 0.2) is 0 Å². The lowest BCUT2D eigenvalue weighted by molar-refractivity contribution is -0.124. The molecule has 2 amide bonds. The van der Waals surface area contributed by atoms with Crippen LogP contribution in [0.4, 0.5) is 0 Å². The molecule has 1 aliphatic heterocycles. The molecule has 0 aliphatic carbocycles. The first-order valence-electron chi connectivity index (χ1n) is 6.60. The molecule has 0 saturated carbocycles. The Morgan fingerprint density at radius 2 is 1.50 bits per heavy atom. The maximum absolute atomic E-state index is 12.4. The van der Waals surface area contributed by atoms with E-state index in [9.17, 15) is 14.4 Å². The van der Waals surface area contributed by atoms with Gasteiger partial charge in [0.05, 0.1) is 23.7 Å². The third-order valence-corrected chi connectivity index (χ3v) is 3.51. The highest BCUT2D eigenvalue weighted by molar-refractivity contribution is 6.49. The van der Waals surface area contributed by atoms with Gasteiger partial charge in [0.1, 0.15) is 0 Å². The zero-order valence-electron chi connectivity index (χ0n) is 11.4. The Hall–Kier alpha value is -3.26. The van der Waals surface area contributed by atoms with Gasteiger partial charge in [-0.2, -0.15) is 5.26 Å². The highest BCUT2D eigenvalue weighted by Gasteiger charge is 2.37. The normalized spacial score (nSPS) is 13.8. The Morgan fingerprint density at radius 1 is 0.864 bits per heavy atom. The van der Waals surface area contributed by atoms with Crippen LogP contribution in [-0.2, 0) is 11.3 Å². The van der Waals surface area contributed by atoms with Gasteiger partial charge in [-0.3, -0.25) is 19.3 Å². The molecule has 0 spiro atoms. The minimum atomic E-state index is -0.826. The molecule has 0 fully saturated rings. The number of imide groups is 1. The van der Waals surface area contributed by atoms with Crippen molar-refractivity contribution < 1.29 is 14.4 Å². The molecule has 3 rings (SSSR count). The minimum Gasteiger partial charge on any atom is -0.283 e. The maximum Gasteiger partial charge on any atom is 0.302 e. The van der Waals surface area contributed by atoms with Crippen LogP contribution in [0.15, 0.2) is 48.5 Å². The Morgan fingerprint density at radius 3 is 2.14 bits per heavy atom. The lowest BCUT2D eigenvalue weighted by atomic mass is 9.97. The molecule has 1 aliphatic rings. The summed E-state index contributed by atoms with van der Waals surface area (Å²) in [7, 11) is 0. The number of Topliss-reactive ketones (excluding diaryl/α,β-unsaturated/α-hetero) is 1. The number of nitrogens with zero attached hydrogens (tertiary/aromatic N) is 2. The number of hydrogen-bond donors (Lipinski definition) is 0. The van der Waals surface area contributed by atoms with E-state index in [2.05, 4.69) is 0 Å². The van der Waals surface area contributed by atoms with E-state index in [0.29, 0.717) is 11.1 Å². The van der Waals surface area contributed by atoms with Gasteiger partial charge in [-0.05, 0) is 23.8 Å². The first kappa shape index (κ1) is 13.7. The zero-order chi connectivity index (χ0) is 15.7. The number of benzene rings is 2. The van der Waals surface area contributed by atoms with Crippen molar-refractivity contribution in [2.75, 3.05) is 0 Å². The van der Waals surface area contributed by atoms with Gasteiger partial charge in [-0.1, -0.05) is 30.3 Å². The standard InChI is InChI=1S/C17H10N2O3/c18-9-11-5-7-12(8-6-11)10-19-16(21)14-4-2-1-3-13(14)15(20)17(19)22/h1-8H,10H2. The number of carbonyl (C=O) groups is 3. The van der Waals surface area contributed by atoms with E-state index in [4.69, 9.17) is 5.26 Å². The van der Waals surface area contributed by atoms with Crippen LogP contribution in [-0.4, -0.2) is 22.5 Å². The average molecular weight is 290 g/mol. The number of amides is 2. The summed E-state index contributed by atoms with van der Waals surface area (Å²) >= 11 is 0. The molecule has 2 aromatic carbocycles. The summed E-state index contributed by atoms with van der Waals surface area (Å²) in [6, 6.07) is 14.8. The number of nitriles is 1. The van der Waals surface area contributed by atoms with Crippen molar-refractivity contribution in [1.82, 2.24) is 4.90 Å². The van der Waals surface area contributed by atoms with Crippen molar-refractivity contribution in [2.24, 2.45) is 0 Å². The van der Waals surface area contributed by atoms with E-state index < -0.39 is 17.6 Å². The van der Waals surface area contributed by atoms with Crippen LogP contribution in [0.2, 0.25) is 0 Å². The van der Waals surface area contributed by atoms with E-state index in [1.54, 1.807) is 36.4 Å². The number of carbonyl (C=O) groups excluding carboxylic acids is 3. The largest absolute Gasteiger partial charge is 0.302 e. The van der Waals surface area contributed by atoms with Gasteiger partial charge >= 0.3 is 5.91 Å². The van der Waals surface area contributed by atoms with Crippen molar-refractivity contribution in [3.8, 4) is 6.07 Å². The molecule has 0 radical (unpaired) electrons. The molecular weight excluding hydrogens is 280 g/mol. The van der Waals surface area contributed by atoms with Crippen LogP contribution >= 0.6 is 0 Å². The first-order valence-corrected chi connectivity index (χ1v) is 6.60. The third kappa shape index (κ3) is 2.17. The molecule has 0 N–H and O–H groups in total. The molecule has 22 heavy (non-hydrogen) atoms. The second-order valence-corrected chi connectivity index (χ2v) is 4.88. The highest BCUT2D eigenvalue weighted by Crippen LogP contribution is 2.21. The van der Waals surface area contributed by atoms with Gasteiger partial charge in [-0.25, -0.2) is 0 Å². The average Bonchev–Trinajstić information content (AvgIpc) is 2.57. The lowest BCUT2D eigenvalue weighted by Gasteiger charge is -2.25. The van der Waals surface area contributed by atoms with Crippen LogP contribution in [0.5, 0.6) is 0 Å². The molecular formula is C17H10N2O3. The van der Waals surface area contributed by atoms with Crippen LogP contribution in [0.1, 0.15) is 31.8 Å². The summed E-state index contributed by atoms with van der Waals surface area (Å²) in [4.78, 5) is 37.5. The van der Waals surface area contributed by atoms with Crippen molar-refractivity contribution >= 4 is 17.6 Å². The van der Waals surface area contributed by atoms with Gasteiger partial charge in [0.25, 0.3) is 11.7 Å². The Bertz CT molecular complexity index is 832. The molecule has 2 aromatic rings. The van der Waals surface area contributed by atoms with Crippen LogP contribution < -0.4 is 0 Å². The Labute approximate surface area is 126 Å². The predicted octanol–water partition coefficient (Wildman–Crippen LogP) is 1.92. The summed E-state index contributed by atoms with van der Waals surface area (Å²) in [6.45, 7) is 0.00342. The predicted molar refractivity (Wildman–Crippen MR) is 76.8 cm³/mol. The van der Waals surface area contributed by atoms with Crippen LogP contribution in [0.25, 0.3) is 0 Å². The maximum atomic E-state index is 12.4. The molecule has 0 aromatic heterocycles. The van der Waals surface area contributed by atoms with Gasteiger partial charge in [0, 0.05) is 5.56 Å². The van der Waals surface area contributed by atoms with Gasteiger partial charge in [0.2, 0.25) is 0 Å². The summed E-state index contributed by atoms with van der Waals surface area (Å²) in [5, 5.41) is 8.76. The molecule has 106 valence electrons. The Kier molecular flexibility index (Phi) is 3.28. The third-order valence-electron chi connectivity index (χ3n) is 3.51. The summed E-state index contributed by atoms with van der Waals surface area (Å²) in [5.41, 5.74) is 1.55. The van der Waals surface area contributed by atoms with E-state index in [1.165, 1.54) is 12.1 Å². The van der Waals surface area contributed by atoms with Crippen molar-refractivity contribution in [3.05, 3.63) is 70.8 Å². The quantitative estimate of drug-likeness (QED) is 0.625. The molecule has 0 atom stereocenters. The van der Waals surface area contributed by atoms with E-state index in [0.717, 1.165) is 4.90 Å². The summed E-state index contributed by atoms with van der Waals surface area (Å²) in [5.74, 6) is -1.98. The number of fused-ring (bicyclic) bond motifs is 1. The second kappa shape index (κ2) is 5.26. The Balaban J connectivity index is 1.94. The molecule has 0 saturated heterocycles. The topological polar surface area (TPSA) is 78.2 Å². The molecule has 5 nitrogen and oxygen atoms in total. The summed E-state index contributed by atoms with van der Waals surface area (Å²) < 4.78 is 0. The molecule has 0 bridgehead atoms. The fraction of sp³-hybridized carbons (Fsp3) is 0.0588. The number of ketones is 1. The number of hydrogen-bond acceptors (Lipinski definition) is 4. The monoisotopic (exact) mass is 290 g/mol. The van der Waals surface area contributed by atoms with Crippen molar-refractivity contribution in [2.45, 2.75) is 6.54 Å². The van der Waals surface area contributed by atoms with E-state index in [-0.39, 0.29) is 17.7 Å². The smallest absolute Gasteiger partial charge is 0.283 e. The lowest BCUT2D eigenvalue weighted by Crippen LogP contribution is -2.45. The van der Waals surface area contributed by atoms with Crippen LogP contribution in [0, 0.1) is 11.3 Å². The van der Waals surface area contributed by atoms with E-state index in [1.807, 2.05) is 6.07 Å². The zero-order valence-corrected chi connectivity index (χ0v) is 11.4. The molecule has 5 heteroatoms. The summed E-state index contributed by atoms with van der Waals surface area (Å²) in [6.07, 6.45) is 0. The fourth-order valence-electron chi connectivity index (χ4n) is 2.35. The van der Waals surface area contributed by atoms with Crippen molar-refractivity contribution in [3.63, 3.8) is 0 Å².